The van der Waals surface area contributed by atoms with Crippen LogP contribution in [0.3, 0.4) is 0 Å². The Morgan fingerprint density at radius 3 is 2.09 bits per heavy atom. The number of carbonyl (C=O) groups excluding carboxylic acids is 2. The second-order valence-corrected chi connectivity index (χ2v) is 8.25. The summed E-state index contributed by atoms with van der Waals surface area (Å²) in [5.74, 6) is -1.73. The van der Waals surface area contributed by atoms with Gasteiger partial charge in [0, 0.05) is 18.0 Å². The Labute approximate surface area is 203 Å². The van der Waals surface area contributed by atoms with Gasteiger partial charge >= 0.3 is 12.1 Å². The van der Waals surface area contributed by atoms with E-state index in [-0.39, 0.29) is 24.6 Å². The van der Waals surface area contributed by atoms with Gasteiger partial charge < -0.3 is 20.5 Å². The van der Waals surface area contributed by atoms with E-state index < -0.39 is 24.0 Å². The lowest BCUT2D eigenvalue weighted by molar-refractivity contribution is -0.141. The van der Waals surface area contributed by atoms with Gasteiger partial charge in [0.25, 0.3) is 0 Å². The molecule has 178 valence electrons. The average molecular weight is 471 g/mol. The number of rotatable bonds is 8. The van der Waals surface area contributed by atoms with Crippen molar-refractivity contribution >= 4 is 18.0 Å². The van der Waals surface area contributed by atoms with Gasteiger partial charge in [-0.25, -0.2) is 9.59 Å². The minimum absolute atomic E-state index is 0.0397. The number of aliphatic carboxylic acids is 1. The first-order chi connectivity index (χ1) is 17.0. The van der Waals surface area contributed by atoms with Crippen LogP contribution in [0.25, 0.3) is 11.1 Å². The summed E-state index contributed by atoms with van der Waals surface area (Å²) in [7, 11) is 0. The van der Waals surface area contributed by atoms with Crippen molar-refractivity contribution in [1.29, 1.82) is 0 Å². The smallest absolute Gasteiger partial charge is 0.407 e. The van der Waals surface area contributed by atoms with Crippen molar-refractivity contribution in [1.82, 2.24) is 10.6 Å². The van der Waals surface area contributed by atoms with Crippen molar-refractivity contribution in [3.63, 3.8) is 0 Å². The molecule has 0 saturated carbocycles. The normalized spacial score (nSPS) is 13.3. The fourth-order valence-electron chi connectivity index (χ4n) is 4.21. The number of hydrogen-bond donors (Lipinski definition) is 3. The highest BCUT2D eigenvalue weighted by Gasteiger charge is 2.29. The van der Waals surface area contributed by atoms with Crippen LogP contribution in [0.2, 0.25) is 0 Å². The van der Waals surface area contributed by atoms with Crippen LogP contribution in [0.5, 0.6) is 0 Å². The molecule has 4 rings (SSSR count). The molecule has 2 amide bonds. The third kappa shape index (κ3) is 5.41. The maximum atomic E-state index is 12.5. The quantitative estimate of drug-likeness (QED) is 0.423. The van der Waals surface area contributed by atoms with Crippen molar-refractivity contribution in [2.24, 2.45) is 0 Å². The standard InChI is InChI=1S/C28H26N2O5/c1-18(26(31)30-25(27(32)33)19-9-3-2-4-10-19)15-16-29-28(34)35-17-24-22-13-7-5-11-20(22)21-12-6-8-14-23(21)24/h2-15,24-25H,16-17H2,1H3,(H,29,34)(H,30,31)(H,32,33)/b18-15+/t25-/m1/s1. The number of ether oxygens (including phenoxy) is 1. The van der Waals surface area contributed by atoms with Gasteiger partial charge in [-0.15, -0.1) is 0 Å². The minimum atomic E-state index is -1.16. The molecule has 0 aliphatic heterocycles. The summed E-state index contributed by atoms with van der Waals surface area (Å²) in [4.78, 5) is 36.3. The molecule has 0 bridgehead atoms. The molecule has 0 radical (unpaired) electrons. The number of nitrogens with one attached hydrogen (secondary N) is 2. The van der Waals surface area contributed by atoms with E-state index in [1.165, 1.54) is 6.08 Å². The zero-order valence-electron chi connectivity index (χ0n) is 19.2. The number of carbonyl (C=O) groups is 3. The van der Waals surface area contributed by atoms with Crippen LogP contribution in [-0.2, 0) is 14.3 Å². The maximum absolute atomic E-state index is 12.5. The molecule has 3 aromatic rings. The monoisotopic (exact) mass is 470 g/mol. The van der Waals surface area contributed by atoms with Gasteiger partial charge in [0.05, 0.1) is 0 Å². The first-order valence-electron chi connectivity index (χ1n) is 11.3. The van der Waals surface area contributed by atoms with E-state index in [1.807, 2.05) is 36.4 Å². The molecule has 7 heteroatoms. The predicted octanol–water partition coefficient (Wildman–Crippen LogP) is 4.41. The molecule has 0 spiro atoms. The van der Waals surface area contributed by atoms with E-state index in [0.29, 0.717) is 5.56 Å². The molecule has 7 nitrogen and oxygen atoms in total. The molecule has 1 aliphatic rings. The van der Waals surface area contributed by atoms with Crippen LogP contribution in [-0.4, -0.2) is 36.2 Å². The van der Waals surface area contributed by atoms with Crippen molar-refractivity contribution in [2.75, 3.05) is 13.2 Å². The zero-order valence-corrected chi connectivity index (χ0v) is 19.2. The molecule has 1 atom stereocenters. The fraction of sp³-hybridized carbons (Fsp3) is 0.179. The third-order valence-electron chi connectivity index (χ3n) is 6.01. The van der Waals surface area contributed by atoms with Crippen LogP contribution in [0.1, 0.15) is 35.6 Å². The predicted molar refractivity (Wildman–Crippen MR) is 132 cm³/mol. The Morgan fingerprint density at radius 1 is 0.914 bits per heavy atom. The Kier molecular flexibility index (Phi) is 7.26. The van der Waals surface area contributed by atoms with Crippen molar-refractivity contribution < 1.29 is 24.2 Å². The van der Waals surface area contributed by atoms with Crippen LogP contribution in [0, 0.1) is 0 Å². The Bertz CT molecular complexity index is 1220. The van der Waals surface area contributed by atoms with Gasteiger partial charge in [-0.3, -0.25) is 4.79 Å². The summed E-state index contributed by atoms with van der Waals surface area (Å²) >= 11 is 0. The Balaban J connectivity index is 1.30. The molecule has 1 aliphatic carbocycles. The fourth-order valence-corrected chi connectivity index (χ4v) is 4.21. The van der Waals surface area contributed by atoms with Gasteiger partial charge in [-0.1, -0.05) is 84.9 Å². The van der Waals surface area contributed by atoms with E-state index in [9.17, 15) is 19.5 Å². The van der Waals surface area contributed by atoms with Gasteiger partial charge in [0.1, 0.15) is 6.61 Å². The minimum Gasteiger partial charge on any atom is -0.479 e. The summed E-state index contributed by atoms with van der Waals surface area (Å²) in [5, 5.41) is 14.6. The Hall–Kier alpha value is -4.39. The van der Waals surface area contributed by atoms with Crippen molar-refractivity contribution in [3.8, 4) is 11.1 Å². The highest BCUT2D eigenvalue weighted by molar-refractivity contribution is 5.95. The molecular formula is C28H26N2O5. The molecule has 3 N–H and O–H groups in total. The van der Waals surface area contributed by atoms with E-state index in [4.69, 9.17) is 4.74 Å². The molecule has 3 aromatic carbocycles. The topological polar surface area (TPSA) is 105 Å². The lowest BCUT2D eigenvalue weighted by Gasteiger charge is -2.15. The van der Waals surface area contributed by atoms with Crippen LogP contribution < -0.4 is 10.6 Å². The Morgan fingerprint density at radius 2 is 1.49 bits per heavy atom. The molecule has 35 heavy (non-hydrogen) atoms. The van der Waals surface area contributed by atoms with Crippen LogP contribution in [0.4, 0.5) is 4.79 Å². The first kappa shape index (κ1) is 23.8. The number of amides is 2. The second-order valence-electron chi connectivity index (χ2n) is 8.25. The summed E-state index contributed by atoms with van der Waals surface area (Å²) in [5.41, 5.74) is 5.30. The van der Waals surface area contributed by atoms with Crippen LogP contribution >= 0.6 is 0 Å². The number of carboxylic acids is 1. The first-order valence-corrected chi connectivity index (χ1v) is 11.3. The van der Waals surface area contributed by atoms with E-state index in [2.05, 4.69) is 22.8 Å². The average Bonchev–Trinajstić information content (AvgIpc) is 3.19. The molecule has 0 unspecified atom stereocenters. The highest BCUT2D eigenvalue weighted by Crippen LogP contribution is 2.44. The molecular weight excluding hydrogens is 444 g/mol. The lowest BCUT2D eigenvalue weighted by Crippen LogP contribution is -2.34. The van der Waals surface area contributed by atoms with Gasteiger partial charge in [-0.2, -0.15) is 0 Å². The van der Waals surface area contributed by atoms with Gasteiger partial charge in [-0.05, 0) is 34.7 Å². The zero-order chi connectivity index (χ0) is 24.8. The van der Waals surface area contributed by atoms with E-state index >= 15 is 0 Å². The second kappa shape index (κ2) is 10.7. The van der Waals surface area contributed by atoms with Crippen LogP contribution in [0.15, 0.2) is 90.5 Å². The SMILES string of the molecule is C/C(=C\CNC(=O)OCC1c2ccccc2-c2ccccc21)C(=O)N[C@@H](C(=O)O)c1ccccc1. The number of benzene rings is 3. The van der Waals surface area contributed by atoms with E-state index in [1.54, 1.807) is 37.3 Å². The third-order valence-corrected chi connectivity index (χ3v) is 6.01. The molecule has 0 aromatic heterocycles. The maximum Gasteiger partial charge on any atom is 0.407 e. The van der Waals surface area contributed by atoms with E-state index in [0.717, 1.165) is 22.3 Å². The number of fused-ring (bicyclic) bond motifs is 3. The summed E-state index contributed by atoms with van der Waals surface area (Å²) in [6.45, 7) is 1.82. The summed E-state index contributed by atoms with van der Waals surface area (Å²) in [6.07, 6.45) is 0.921. The highest BCUT2D eigenvalue weighted by atomic mass is 16.5. The molecule has 0 saturated heterocycles. The largest absolute Gasteiger partial charge is 0.479 e. The van der Waals surface area contributed by atoms with Gasteiger partial charge in [0.15, 0.2) is 6.04 Å². The van der Waals surface area contributed by atoms with Crippen molar-refractivity contribution in [3.05, 3.63) is 107 Å². The number of carboxylic acid groups (broad SMARTS) is 1. The van der Waals surface area contributed by atoms with Gasteiger partial charge in [0.2, 0.25) is 5.91 Å². The molecule has 0 heterocycles. The lowest BCUT2D eigenvalue weighted by atomic mass is 9.98. The number of alkyl carbamates (subject to hydrolysis) is 1. The summed E-state index contributed by atoms with van der Waals surface area (Å²) < 4.78 is 5.48. The van der Waals surface area contributed by atoms with Crippen molar-refractivity contribution in [2.45, 2.75) is 18.9 Å². The summed E-state index contributed by atoms with van der Waals surface area (Å²) in [6, 6.07) is 23.5. The molecule has 0 fully saturated rings. The number of hydrogen-bond acceptors (Lipinski definition) is 4.